The number of hydrogen-bond acceptors (Lipinski definition) is 4. The Bertz CT molecular complexity index is 298. The van der Waals surface area contributed by atoms with Gasteiger partial charge in [-0.25, -0.2) is 8.42 Å². The summed E-state index contributed by atoms with van der Waals surface area (Å²) >= 11 is 0. The van der Waals surface area contributed by atoms with Gasteiger partial charge in [-0.1, -0.05) is 0 Å². The van der Waals surface area contributed by atoms with E-state index in [9.17, 15) is 8.42 Å². The molecule has 4 nitrogen and oxygen atoms in total. The monoisotopic (exact) mass is 220 g/mol. The molecule has 1 aliphatic rings. The fourth-order valence-electron chi connectivity index (χ4n) is 1.85. The van der Waals surface area contributed by atoms with E-state index in [1.54, 1.807) is 0 Å². The second-order valence-corrected chi connectivity index (χ2v) is 6.93. The topological polar surface area (TPSA) is 63.4 Å². The Hall–Kier alpha value is -0.130. The van der Waals surface area contributed by atoms with Crippen molar-refractivity contribution in [3.05, 3.63) is 0 Å². The van der Waals surface area contributed by atoms with Gasteiger partial charge in [0.25, 0.3) is 0 Å². The molecule has 1 rings (SSSR count). The van der Waals surface area contributed by atoms with Gasteiger partial charge in [-0.3, -0.25) is 4.90 Å². The summed E-state index contributed by atoms with van der Waals surface area (Å²) in [6.07, 6.45) is 2.23. The van der Waals surface area contributed by atoms with Gasteiger partial charge in [0.15, 0.2) is 0 Å². The highest BCUT2D eigenvalue weighted by Gasteiger charge is 2.38. The van der Waals surface area contributed by atoms with E-state index in [-0.39, 0.29) is 17.3 Å². The van der Waals surface area contributed by atoms with Crippen LogP contribution in [-0.2, 0) is 9.84 Å². The summed E-state index contributed by atoms with van der Waals surface area (Å²) in [5.74, 6) is 0.225. The predicted octanol–water partition coefficient (Wildman–Crippen LogP) is -0.157. The number of rotatable bonds is 3. The molecule has 1 saturated heterocycles. The molecule has 2 N–H and O–H groups in total. The molecule has 1 aliphatic heterocycles. The summed E-state index contributed by atoms with van der Waals surface area (Å²) in [7, 11) is -2.86. The molecule has 1 atom stereocenters. The van der Waals surface area contributed by atoms with Crippen molar-refractivity contribution < 1.29 is 8.42 Å². The van der Waals surface area contributed by atoms with E-state index in [0.717, 1.165) is 13.0 Å². The molecule has 0 spiro atoms. The number of sulfone groups is 1. The van der Waals surface area contributed by atoms with Crippen molar-refractivity contribution in [2.24, 2.45) is 5.73 Å². The van der Waals surface area contributed by atoms with Crippen LogP contribution in [0.4, 0.5) is 0 Å². The van der Waals surface area contributed by atoms with Crippen LogP contribution in [0.2, 0.25) is 0 Å². The third-order valence-electron chi connectivity index (χ3n) is 3.16. The smallest absolute Gasteiger partial charge is 0.148 e. The number of hydrogen-bond donors (Lipinski definition) is 1. The van der Waals surface area contributed by atoms with Gasteiger partial charge in [0.1, 0.15) is 9.84 Å². The van der Waals surface area contributed by atoms with Crippen LogP contribution >= 0.6 is 0 Å². The van der Waals surface area contributed by atoms with Crippen LogP contribution in [0.25, 0.3) is 0 Å². The van der Waals surface area contributed by atoms with Gasteiger partial charge in [0.2, 0.25) is 0 Å². The van der Waals surface area contributed by atoms with Crippen LogP contribution in [0.15, 0.2) is 0 Å². The highest BCUT2D eigenvalue weighted by molar-refractivity contribution is 7.90. The molecule has 0 radical (unpaired) electrons. The normalized spacial score (nSPS) is 28.1. The third-order valence-corrected chi connectivity index (χ3v) is 4.09. The molecule has 14 heavy (non-hydrogen) atoms. The Morgan fingerprint density at radius 2 is 2.07 bits per heavy atom. The van der Waals surface area contributed by atoms with Crippen LogP contribution in [0.5, 0.6) is 0 Å². The maximum absolute atomic E-state index is 11.0. The molecule has 1 unspecified atom stereocenters. The standard InChI is InChI=1S/C9H20N2O2S/c1-9(2)8(10)4-5-11(9)6-7-14(3,12)13/h8H,4-7,10H2,1-3H3. The first kappa shape index (κ1) is 11.9. The minimum absolute atomic E-state index is 0.0648. The van der Waals surface area contributed by atoms with Crippen molar-refractivity contribution in [1.29, 1.82) is 0 Å². The lowest BCUT2D eigenvalue weighted by Crippen LogP contribution is -2.49. The van der Waals surface area contributed by atoms with Gasteiger partial charge >= 0.3 is 0 Å². The zero-order valence-electron chi connectivity index (χ0n) is 9.16. The van der Waals surface area contributed by atoms with Crippen molar-refractivity contribution >= 4 is 9.84 Å². The van der Waals surface area contributed by atoms with Crippen LogP contribution in [-0.4, -0.2) is 50.0 Å². The van der Waals surface area contributed by atoms with Gasteiger partial charge in [-0.2, -0.15) is 0 Å². The molecule has 0 aromatic rings. The summed E-state index contributed by atoms with van der Waals surface area (Å²) in [5.41, 5.74) is 5.89. The fraction of sp³-hybridized carbons (Fsp3) is 1.00. The summed E-state index contributed by atoms with van der Waals surface area (Å²) < 4.78 is 22.0. The van der Waals surface area contributed by atoms with Crippen molar-refractivity contribution in [2.75, 3.05) is 25.1 Å². The van der Waals surface area contributed by atoms with Gasteiger partial charge in [-0.15, -0.1) is 0 Å². The van der Waals surface area contributed by atoms with E-state index in [4.69, 9.17) is 5.73 Å². The molecule has 0 amide bonds. The number of nitrogens with two attached hydrogens (primary N) is 1. The van der Waals surface area contributed by atoms with Crippen LogP contribution < -0.4 is 5.73 Å². The molecule has 1 fully saturated rings. The molecule has 0 saturated carbocycles. The second kappa shape index (κ2) is 3.79. The van der Waals surface area contributed by atoms with Gasteiger partial charge in [0.05, 0.1) is 5.75 Å². The Labute approximate surface area is 86.4 Å². The Morgan fingerprint density at radius 1 is 1.50 bits per heavy atom. The second-order valence-electron chi connectivity index (χ2n) is 4.67. The summed E-state index contributed by atoms with van der Waals surface area (Å²) in [5, 5.41) is 0. The van der Waals surface area contributed by atoms with Crippen LogP contribution in [0.3, 0.4) is 0 Å². The zero-order valence-corrected chi connectivity index (χ0v) is 9.97. The maximum atomic E-state index is 11.0. The molecule has 5 heteroatoms. The molecule has 84 valence electrons. The first-order valence-electron chi connectivity index (χ1n) is 4.92. The summed E-state index contributed by atoms with van der Waals surface area (Å²) in [6, 6.07) is 0.155. The number of likely N-dealkylation sites (tertiary alicyclic amines) is 1. The largest absolute Gasteiger partial charge is 0.326 e. The van der Waals surface area contributed by atoms with Crippen LogP contribution in [0, 0.1) is 0 Å². The molecule has 0 aromatic heterocycles. The molecule has 0 aliphatic carbocycles. The minimum atomic E-state index is -2.86. The highest BCUT2D eigenvalue weighted by atomic mass is 32.2. The van der Waals surface area contributed by atoms with E-state index in [1.165, 1.54) is 6.26 Å². The Kier molecular flexibility index (Phi) is 3.23. The van der Waals surface area contributed by atoms with Crippen molar-refractivity contribution in [3.8, 4) is 0 Å². The summed E-state index contributed by atoms with van der Waals surface area (Å²) in [4.78, 5) is 2.17. The molecular formula is C9H20N2O2S. The number of nitrogens with zero attached hydrogens (tertiary/aromatic N) is 1. The van der Waals surface area contributed by atoms with Crippen molar-refractivity contribution in [3.63, 3.8) is 0 Å². The fourth-order valence-corrected chi connectivity index (χ4v) is 2.40. The lowest BCUT2D eigenvalue weighted by atomic mass is 9.97. The zero-order chi connectivity index (χ0) is 11.0. The van der Waals surface area contributed by atoms with Gasteiger partial charge < -0.3 is 5.73 Å². The predicted molar refractivity (Wildman–Crippen MR) is 58.0 cm³/mol. The molecule has 1 heterocycles. The quantitative estimate of drug-likeness (QED) is 0.718. The summed E-state index contributed by atoms with van der Waals surface area (Å²) in [6.45, 7) is 5.66. The average molecular weight is 220 g/mol. The van der Waals surface area contributed by atoms with E-state index >= 15 is 0 Å². The maximum Gasteiger partial charge on any atom is 0.148 e. The lowest BCUT2D eigenvalue weighted by molar-refractivity contribution is 0.172. The third kappa shape index (κ3) is 2.68. The SMILES string of the molecule is CC1(C)C(N)CCN1CCS(C)(=O)=O. The molecular weight excluding hydrogens is 200 g/mol. The average Bonchev–Trinajstić information content (AvgIpc) is 2.23. The van der Waals surface area contributed by atoms with Crippen molar-refractivity contribution in [1.82, 2.24) is 4.90 Å². The van der Waals surface area contributed by atoms with Gasteiger partial charge in [0, 0.05) is 30.9 Å². The Morgan fingerprint density at radius 3 is 2.43 bits per heavy atom. The minimum Gasteiger partial charge on any atom is -0.326 e. The van der Waals surface area contributed by atoms with E-state index in [2.05, 4.69) is 18.7 Å². The van der Waals surface area contributed by atoms with E-state index in [0.29, 0.717) is 6.54 Å². The van der Waals surface area contributed by atoms with Crippen LogP contribution in [0.1, 0.15) is 20.3 Å². The molecule has 0 aromatic carbocycles. The van der Waals surface area contributed by atoms with Crippen molar-refractivity contribution in [2.45, 2.75) is 31.8 Å². The van der Waals surface area contributed by atoms with Gasteiger partial charge in [-0.05, 0) is 20.3 Å². The Balaban J connectivity index is 2.55. The first-order valence-corrected chi connectivity index (χ1v) is 6.98. The lowest BCUT2D eigenvalue weighted by Gasteiger charge is -2.34. The van der Waals surface area contributed by atoms with E-state index in [1.807, 2.05) is 0 Å². The van der Waals surface area contributed by atoms with E-state index < -0.39 is 9.84 Å². The highest BCUT2D eigenvalue weighted by Crippen LogP contribution is 2.26. The first-order chi connectivity index (χ1) is 6.23. The molecule has 0 bridgehead atoms.